The summed E-state index contributed by atoms with van der Waals surface area (Å²) in [6.45, 7) is 1.10. The van der Waals surface area contributed by atoms with Gasteiger partial charge in [0.1, 0.15) is 5.76 Å². The van der Waals surface area contributed by atoms with Crippen molar-refractivity contribution >= 4 is 17.6 Å². The van der Waals surface area contributed by atoms with Crippen LogP contribution < -0.4 is 10.6 Å². The third-order valence-corrected chi connectivity index (χ3v) is 3.86. The molecule has 2 N–H and O–H groups in total. The summed E-state index contributed by atoms with van der Waals surface area (Å²) >= 11 is 0. The van der Waals surface area contributed by atoms with Crippen molar-refractivity contribution in [2.75, 3.05) is 11.9 Å². The third-order valence-electron chi connectivity index (χ3n) is 3.86. The van der Waals surface area contributed by atoms with Crippen LogP contribution in [0.2, 0.25) is 0 Å². The number of carbonyl (C=O) groups excluding carboxylic acids is 2. The minimum atomic E-state index is -0.552. The Morgan fingerprint density at radius 3 is 2.22 bits per heavy atom. The monoisotopic (exact) mass is 363 g/mol. The van der Waals surface area contributed by atoms with E-state index in [9.17, 15) is 9.59 Å². The molecule has 6 nitrogen and oxygen atoms in total. The highest BCUT2D eigenvalue weighted by atomic mass is 16.3. The molecule has 0 aliphatic rings. The van der Waals surface area contributed by atoms with Crippen molar-refractivity contribution in [1.82, 2.24) is 10.2 Å². The number of hydrogen-bond acceptors (Lipinski definition) is 4. The second-order valence-electron chi connectivity index (χ2n) is 6.08. The molecule has 27 heavy (non-hydrogen) atoms. The maximum absolute atomic E-state index is 12.3. The van der Waals surface area contributed by atoms with Crippen LogP contribution in [0.4, 0.5) is 10.5 Å². The number of anilines is 1. The fourth-order valence-corrected chi connectivity index (χ4v) is 2.69. The quantitative estimate of drug-likeness (QED) is 0.672. The number of amides is 3. The second-order valence-corrected chi connectivity index (χ2v) is 6.08. The summed E-state index contributed by atoms with van der Waals surface area (Å²) in [5, 5.41) is 5.00. The largest absolute Gasteiger partial charge is 0.468 e. The van der Waals surface area contributed by atoms with E-state index in [-0.39, 0.29) is 12.5 Å². The van der Waals surface area contributed by atoms with Crippen LogP contribution >= 0.6 is 0 Å². The molecule has 0 saturated carbocycles. The molecule has 2 aromatic carbocycles. The predicted molar refractivity (Wildman–Crippen MR) is 103 cm³/mol. The fourth-order valence-electron chi connectivity index (χ4n) is 2.69. The molecule has 0 fully saturated rings. The molecule has 0 radical (unpaired) electrons. The van der Waals surface area contributed by atoms with Crippen LogP contribution in [0.25, 0.3) is 0 Å². The second kappa shape index (κ2) is 9.35. The summed E-state index contributed by atoms with van der Waals surface area (Å²) in [6.07, 6.45) is 1.60. The van der Waals surface area contributed by atoms with Gasteiger partial charge in [0, 0.05) is 12.2 Å². The summed E-state index contributed by atoms with van der Waals surface area (Å²) in [7, 11) is 0. The minimum absolute atomic E-state index is 0.0673. The summed E-state index contributed by atoms with van der Waals surface area (Å²) in [5.41, 5.74) is 1.70. The van der Waals surface area contributed by atoms with Gasteiger partial charge in [-0.3, -0.25) is 15.0 Å². The van der Waals surface area contributed by atoms with Crippen molar-refractivity contribution in [2.45, 2.75) is 13.1 Å². The SMILES string of the molecule is O=C(CN(Cc1ccccc1)Cc1ccco1)NC(=O)Nc1ccccc1. The molecule has 138 valence electrons. The van der Waals surface area contributed by atoms with Crippen molar-refractivity contribution in [3.63, 3.8) is 0 Å². The zero-order valence-electron chi connectivity index (χ0n) is 14.8. The van der Waals surface area contributed by atoms with Gasteiger partial charge >= 0.3 is 6.03 Å². The van der Waals surface area contributed by atoms with Gasteiger partial charge in [-0.05, 0) is 29.8 Å². The Morgan fingerprint density at radius 1 is 0.852 bits per heavy atom. The Morgan fingerprint density at radius 2 is 1.56 bits per heavy atom. The topological polar surface area (TPSA) is 74.6 Å². The molecule has 0 unspecified atom stereocenters. The lowest BCUT2D eigenvalue weighted by molar-refractivity contribution is -0.121. The van der Waals surface area contributed by atoms with Gasteiger partial charge in [-0.2, -0.15) is 0 Å². The van der Waals surface area contributed by atoms with Crippen LogP contribution in [0.1, 0.15) is 11.3 Å². The Bertz CT molecular complexity index is 849. The van der Waals surface area contributed by atoms with Gasteiger partial charge in [0.2, 0.25) is 5.91 Å². The molecule has 0 aliphatic carbocycles. The summed E-state index contributed by atoms with van der Waals surface area (Å²) < 4.78 is 5.39. The number of benzene rings is 2. The maximum atomic E-state index is 12.3. The Hall–Kier alpha value is -3.38. The number of rotatable bonds is 7. The van der Waals surface area contributed by atoms with Gasteiger partial charge in [0.05, 0.1) is 19.4 Å². The number of para-hydroxylation sites is 1. The molecule has 3 amide bonds. The smallest absolute Gasteiger partial charge is 0.325 e. The van der Waals surface area contributed by atoms with E-state index >= 15 is 0 Å². The highest BCUT2D eigenvalue weighted by molar-refractivity contribution is 6.01. The average molecular weight is 363 g/mol. The van der Waals surface area contributed by atoms with Crippen LogP contribution in [0, 0.1) is 0 Å². The number of urea groups is 1. The average Bonchev–Trinajstić information content (AvgIpc) is 3.16. The highest BCUT2D eigenvalue weighted by Crippen LogP contribution is 2.10. The van der Waals surface area contributed by atoms with Crippen molar-refractivity contribution < 1.29 is 14.0 Å². The van der Waals surface area contributed by atoms with Crippen molar-refractivity contribution in [1.29, 1.82) is 0 Å². The van der Waals surface area contributed by atoms with E-state index in [2.05, 4.69) is 10.6 Å². The van der Waals surface area contributed by atoms with Gasteiger partial charge in [-0.1, -0.05) is 48.5 Å². The molecule has 3 aromatic rings. The Kier molecular flexibility index (Phi) is 6.38. The van der Waals surface area contributed by atoms with Crippen LogP contribution in [0.3, 0.4) is 0 Å². The highest BCUT2D eigenvalue weighted by Gasteiger charge is 2.15. The zero-order chi connectivity index (χ0) is 18.9. The van der Waals surface area contributed by atoms with E-state index in [1.54, 1.807) is 18.4 Å². The van der Waals surface area contributed by atoms with Gasteiger partial charge in [0.25, 0.3) is 0 Å². The lowest BCUT2D eigenvalue weighted by atomic mass is 10.2. The normalized spacial score (nSPS) is 10.6. The van der Waals surface area contributed by atoms with Crippen LogP contribution in [0.5, 0.6) is 0 Å². The first kappa shape index (κ1) is 18.4. The Balaban J connectivity index is 1.58. The van der Waals surface area contributed by atoms with E-state index in [1.165, 1.54) is 0 Å². The van der Waals surface area contributed by atoms with Crippen molar-refractivity contribution in [3.05, 3.63) is 90.4 Å². The van der Waals surface area contributed by atoms with Gasteiger partial charge in [-0.15, -0.1) is 0 Å². The first-order chi connectivity index (χ1) is 13.2. The van der Waals surface area contributed by atoms with E-state index in [4.69, 9.17) is 4.42 Å². The lowest BCUT2D eigenvalue weighted by Gasteiger charge is -2.20. The van der Waals surface area contributed by atoms with E-state index in [0.717, 1.165) is 11.3 Å². The number of nitrogens with zero attached hydrogens (tertiary/aromatic N) is 1. The van der Waals surface area contributed by atoms with Crippen LogP contribution in [-0.4, -0.2) is 23.4 Å². The number of hydrogen-bond donors (Lipinski definition) is 2. The van der Waals surface area contributed by atoms with Gasteiger partial charge < -0.3 is 9.73 Å². The van der Waals surface area contributed by atoms with E-state index in [0.29, 0.717) is 18.8 Å². The fraction of sp³-hybridized carbons (Fsp3) is 0.143. The zero-order valence-corrected chi connectivity index (χ0v) is 14.8. The molecule has 0 spiro atoms. The molecular formula is C21H21N3O3. The number of carbonyl (C=O) groups is 2. The lowest BCUT2D eigenvalue weighted by Crippen LogP contribution is -2.41. The number of nitrogens with one attached hydrogen (secondary N) is 2. The molecule has 0 saturated heterocycles. The van der Waals surface area contributed by atoms with Gasteiger partial charge in [-0.25, -0.2) is 4.79 Å². The third kappa shape index (κ3) is 6.13. The number of imide groups is 1. The maximum Gasteiger partial charge on any atom is 0.325 e. The molecule has 1 heterocycles. The van der Waals surface area contributed by atoms with Crippen LogP contribution in [0.15, 0.2) is 83.5 Å². The van der Waals surface area contributed by atoms with Crippen LogP contribution in [-0.2, 0) is 17.9 Å². The molecule has 3 rings (SSSR count). The predicted octanol–water partition coefficient (Wildman–Crippen LogP) is 3.63. The first-order valence-corrected chi connectivity index (χ1v) is 8.63. The first-order valence-electron chi connectivity index (χ1n) is 8.63. The minimum Gasteiger partial charge on any atom is -0.468 e. The summed E-state index contributed by atoms with van der Waals surface area (Å²) in [6, 6.07) is 21.9. The van der Waals surface area contributed by atoms with E-state index in [1.807, 2.05) is 65.6 Å². The molecule has 6 heteroatoms. The standard InChI is InChI=1S/C21H21N3O3/c25-20(23-21(26)22-18-10-5-2-6-11-18)16-24(15-19-12-7-13-27-19)14-17-8-3-1-4-9-17/h1-13H,14-16H2,(H2,22,23,25,26). The Labute approximate surface area is 157 Å². The van der Waals surface area contributed by atoms with Gasteiger partial charge in [0.15, 0.2) is 0 Å². The molecule has 0 atom stereocenters. The summed E-state index contributed by atoms with van der Waals surface area (Å²) in [4.78, 5) is 26.2. The summed E-state index contributed by atoms with van der Waals surface area (Å²) in [5.74, 6) is 0.374. The van der Waals surface area contributed by atoms with E-state index < -0.39 is 6.03 Å². The molecule has 1 aromatic heterocycles. The van der Waals surface area contributed by atoms with Crippen molar-refractivity contribution in [3.8, 4) is 0 Å². The van der Waals surface area contributed by atoms with Crippen molar-refractivity contribution in [2.24, 2.45) is 0 Å². The molecule has 0 bridgehead atoms. The number of furan rings is 1. The molecular weight excluding hydrogens is 342 g/mol. The molecule has 0 aliphatic heterocycles.